The van der Waals surface area contributed by atoms with Gasteiger partial charge in [-0.2, -0.15) is 0 Å². The van der Waals surface area contributed by atoms with Crippen LogP contribution in [0.3, 0.4) is 0 Å². The van der Waals surface area contributed by atoms with Crippen LogP contribution in [0.25, 0.3) is 0 Å². The molecule has 2 N–H and O–H groups in total. The maximum Gasteiger partial charge on any atom is 0.307 e. The molecule has 0 heterocycles. The van der Waals surface area contributed by atoms with Gasteiger partial charge in [-0.25, -0.2) is 0 Å². The zero-order valence-electron chi connectivity index (χ0n) is 11.4. The number of halogens is 2. The first-order valence-corrected chi connectivity index (χ1v) is 8.09. The van der Waals surface area contributed by atoms with Gasteiger partial charge in [-0.3, -0.25) is 9.59 Å². The van der Waals surface area contributed by atoms with Crippen LogP contribution in [0.15, 0.2) is 21.1 Å². The molecule has 1 saturated carbocycles. The van der Waals surface area contributed by atoms with E-state index < -0.39 is 17.8 Å². The predicted octanol–water partition coefficient (Wildman–Crippen LogP) is 3.66. The van der Waals surface area contributed by atoms with Crippen molar-refractivity contribution in [1.29, 1.82) is 0 Å². The van der Waals surface area contributed by atoms with Gasteiger partial charge in [0.05, 0.1) is 29.1 Å². The summed E-state index contributed by atoms with van der Waals surface area (Å²) < 4.78 is 6.66. The Labute approximate surface area is 139 Å². The number of methoxy groups -OCH3 is 1. The Morgan fingerprint density at radius 1 is 1.24 bits per heavy atom. The summed E-state index contributed by atoms with van der Waals surface area (Å²) in [4.78, 5) is 23.5. The van der Waals surface area contributed by atoms with E-state index in [2.05, 4.69) is 37.2 Å². The number of nitrogens with one attached hydrogen (secondary N) is 1. The highest BCUT2D eigenvalue weighted by Gasteiger charge is 2.37. The van der Waals surface area contributed by atoms with Crippen molar-refractivity contribution in [3.8, 4) is 5.75 Å². The lowest BCUT2D eigenvalue weighted by atomic mass is 9.95. The summed E-state index contributed by atoms with van der Waals surface area (Å²) in [6.45, 7) is 0. The Kier molecular flexibility index (Phi) is 5.27. The molecular weight excluding hydrogens is 406 g/mol. The number of hydrogen-bond donors (Lipinski definition) is 2. The largest absolute Gasteiger partial charge is 0.495 e. The third-order valence-corrected chi connectivity index (χ3v) is 4.95. The fraction of sp³-hybridized carbons (Fsp3) is 0.429. The van der Waals surface area contributed by atoms with Crippen LogP contribution in [0.1, 0.15) is 19.3 Å². The van der Waals surface area contributed by atoms with Crippen LogP contribution in [0.2, 0.25) is 0 Å². The molecule has 0 unspecified atom stereocenters. The summed E-state index contributed by atoms with van der Waals surface area (Å²) in [5.74, 6) is -1.65. The number of aliphatic carboxylic acids is 1. The highest BCUT2D eigenvalue weighted by molar-refractivity contribution is 9.11. The third kappa shape index (κ3) is 3.58. The van der Waals surface area contributed by atoms with E-state index in [0.717, 1.165) is 10.9 Å². The standard InChI is InChI=1S/C14H15Br2NO4/c1-21-12-6-11(9(15)5-10(12)16)17-13(18)7-3-2-4-8(7)14(19)20/h5-8H,2-4H2,1H3,(H,17,18)(H,19,20)/t7-,8+/m1/s1. The molecule has 0 bridgehead atoms. The molecule has 1 aromatic rings. The molecule has 21 heavy (non-hydrogen) atoms. The van der Waals surface area contributed by atoms with Crippen LogP contribution in [0.5, 0.6) is 5.75 Å². The van der Waals surface area contributed by atoms with Crippen LogP contribution in [0, 0.1) is 11.8 Å². The normalized spacial score (nSPS) is 21.1. The average Bonchev–Trinajstić information content (AvgIpc) is 2.91. The van der Waals surface area contributed by atoms with Gasteiger partial charge in [0.2, 0.25) is 5.91 Å². The first kappa shape index (κ1) is 16.3. The molecule has 0 spiro atoms. The van der Waals surface area contributed by atoms with E-state index in [0.29, 0.717) is 28.8 Å². The number of amides is 1. The van der Waals surface area contributed by atoms with Crippen molar-refractivity contribution in [1.82, 2.24) is 0 Å². The summed E-state index contributed by atoms with van der Waals surface area (Å²) in [6, 6.07) is 3.47. The summed E-state index contributed by atoms with van der Waals surface area (Å²) in [5, 5.41) is 11.9. The molecular formula is C14H15Br2NO4. The van der Waals surface area contributed by atoms with Crippen molar-refractivity contribution in [3.05, 3.63) is 21.1 Å². The number of anilines is 1. The second kappa shape index (κ2) is 6.79. The van der Waals surface area contributed by atoms with Gasteiger partial charge in [-0.05, 0) is 50.8 Å². The summed E-state index contributed by atoms with van der Waals surface area (Å²) in [7, 11) is 1.54. The predicted molar refractivity (Wildman–Crippen MR) is 85.5 cm³/mol. The van der Waals surface area contributed by atoms with E-state index in [1.54, 1.807) is 12.1 Å². The molecule has 0 radical (unpaired) electrons. The fourth-order valence-electron chi connectivity index (χ4n) is 2.58. The number of carbonyl (C=O) groups is 2. The molecule has 2 atom stereocenters. The Morgan fingerprint density at radius 3 is 2.52 bits per heavy atom. The van der Waals surface area contributed by atoms with Gasteiger partial charge in [0.25, 0.3) is 0 Å². The first-order chi connectivity index (χ1) is 9.93. The quantitative estimate of drug-likeness (QED) is 0.779. The lowest BCUT2D eigenvalue weighted by molar-refractivity contribution is -0.145. The monoisotopic (exact) mass is 419 g/mol. The third-order valence-electron chi connectivity index (χ3n) is 3.67. The van der Waals surface area contributed by atoms with Crippen molar-refractivity contribution in [2.45, 2.75) is 19.3 Å². The van der Waals surface area contributed by atoms with Gasteiger partial charge < -0.3 is 15.2 Å². The Hall–Kier alpha value is -1.08. The van der Waals surface area contributed by atoms with Crippen molar-refractivity contribution in [2.24, 2.45) is 11.8 Å². The lowest BCUT2D eigenvalue weighted by Crippen LogP contribution is -2.30. The Morgan fingerprint density at radius 2 is 1.90 bits per heavy atom. The van der Waals surface area contributed by atoms with E-state index in [-0.39, 0.29) is 5.91 Å². The van der Waals surface area contributed by atoms with Crippen LogP contribution in [-0.2, 0) is 9.59 Å². The SMILES string of the molecule is COc1cc(NC(=O)[C@@H]2CCC[C@@H]2C(=O)O)c(Br)cc1Br. The number of carboxylic acid groups (broad SMARTS) is 1. The molecule has 1 amide bonds. The number of rotatable bonds is 4. The first-order valence-electron chi connectivity index (χ1n) is 6.50. The van der Waals surface area contributed by atoms with E-state index >= 15 is 0 Å². The lowest BCUT2D eigenvalue weighted by Gasteiger charge is -2.17. The topological polar surface area (TPSA) is 75.6 Å². The minimum atomic E-state index is -0.903. The molecule has 1 aromatic carbocycles. The molecule has 0 aliphatic heterocycles. The maximum atomic E-state index is 12.3. The number of hydrogen-bond acceptors (Lipinski definition) is 3. The maximum absolute atomic E-state index is 12.3. The zero-order chi connectivity index (χ0) is 15.6. The average molecular weight is 421 g/mol. The van der Waals surface area contributed by atoms with E-state index in [1.807, 2.05) is 0 Å². The zero-order valence-corrected chi connectivity index (χ0v) is 14.5. The van der Waals surface area contributed by atoms with Crippen LogP contribution in [-0.4, -0.2) is 24.1 Å². The van der Waals surface area contributed by atoms with Gasteiger partial charge in [0.15, 0.2) is 0 Å². The highest BCUT2D eigenvalue weighted by Crippen LogP contribution is 2.37. The van der Waals surface area contributed by atoms with E-state index in [4.69, 9.17) is 9.84 Å². The van der Waals surface area contributed by atoms with Gasteiger partial charge in [-0.1, -0.05) is 6.42 Å². The van der Waals surface area contributed by atoms with E-state index in [1.165, 1.54) is 7.11 Å². The number of carboxylic acids is 1. The van der Waals surface area contributed by atoms with Crippen molar-refractivity contribution in [3.63, 3.8) is 0 Å². The molecule has 5 nitrogen and oxygen atoms in total. The van der Waals surface area contributed by atoms with Gasteiger partial charge >= 0.3 is 5.97 Å². The number of ether oxygens (including phenoxy) is 1. The van der Waals surface area contributed by atoms with Crippen LogP contribution < -0.4 is 10.1 Å². The van der Waals surface area contributed by atoms with Crippen molar-refractivity contribution >= 4 is 49.4 Å². The second-order valence-electron chi connectivity index (χ2n) is 4.94. The molecule has 2 rings (SSSR count). The molecule has 7 heteroatoms. The van der Waals surface area contributed by atoms with Crippen molar-refractivity contribution < 1.29 is 19.4 Å². The molecule has 1 aliphatic rings. The minimum absolute atomic E-state index is 0.259. The van der Waals surface area contributed by atoms with Gasteiger partial charge in [0, 0.05) is 10.5 Å². The molecule has 0 aromatic heterocycles. The molecule has 114 valence electrons. The number of carbonyl (C=O) groups excluding carboxylic acids is 1. The Balaban J connectivity index is 2.18. The molecule has 1 aliphatic carbocycles. The highest BCUT2D eigenvalue weighted by atomic mass is 79.9. The smallest absolute Gasteiger partial charge is 0.307 e. The van der Waals surface area contributed by atoms with Crippen molar-refractivity contribution in [2.75, 3.05) is 12.4 Å². The molecule has 0 saturated heterocycles. The summed E-state index contributed by atoms with van der Waals surface area (Å²) >= 11 is 6.73. The second-order valence-corrected chi connectivity index (χ2v) is 6.65. The summed E-state index contributed by atoms with van der Waals surface area (Å²) in [5.41, 5.74) is 0.566. The van der Waals surface area contributed by atoms with E-state index in [9.17, 15) is 9.59 Å². The minimum Gasteiger partial charge on any atom is -0.495 e. The summed E-state index contributed by atoms with van der Waals surface area (Å²) in [6.07, 6.45) is 1.92. The van der Waals surface area contributed by atoms with Crippen LogP contribution >= 0.6 is 31.9 Å². The number of benzene rings is 1. The molecule has 1 fully saturated rings. The Bertz CT molecular complexity index is 576. The van der Waals surface area contributed by atoms with Gasteiger partial charge in [0.1, 0.15) is 5.75 Å². The van der Waals surface area contributed by atoms with Gasteiger partial charge in [-0.15, -0.1) is 0 Å². The van der Waals surface area contributed by atoms with Crippen LogP contribution in [0.4, 0.5) is 5.69 Å². The fourth-order valence-corrected chi connectivity index (χ4v) is 3.83.